The summed E-state index contributed by atoms with van der Waals surface area (Å²) in [7, 11) is 1.58. The Hall–Kier alpha value is -2.86. The predicted octanol–water partition coefficient (Wildman–Crippen LogP) is 5.82. The maximum Gasteiger partial charge on any atom is 0.237 e. The molecule has 0 aliphatic carbocycles. The summed E-state index contributed by atoms with van der Waals surface area (Å²) < 4.78 is 31.8. The fourth-order valence-electron chi connectivity index (χ4n) is 2.81. The van der Waals surface area contributed by atoms with Gasteiger partial charge in [-0.15, -0.1) is 11.8 Å². The number of methoxy groups -OCH3 is 1. The molecular weight excluding hydrogens is 392 g/mol. The minimum Gasteiger partial charge on any atom is -0.497 e. The van der Waals surface area contributed by atoms with Gasteiger partial charge in [-0.1, -0.05) is 24.3 Å². The second-order valence-corrected chi connectivity index (χ2v) is 7.93. The second-order valence-electron chi connectivity index (χ2n) is 6.48. The van der Waals surface area contributed by atoms with Crippen molar-refractivity contribution in [3.63, 3.8) is 0 Å². The van der Waals surface area contributed by atoms with Crippen LogP contribution in [0.3, 0.4) is 0 Å². The summed E-state index contributed by atoms with van der Waals surface area (Å²) in [6.45, 7) is 1.81. The molecule has 0 saturated carbocycles. The molecule has 1 N–H and O–H groups in total. The van der Waals surface area contributed by atoms with Crippen LogP contribution < -0.4 is 10.1 Å². The number of nitrogens with one attached hydrogen (secondary N) is 1. The van der Waals surface area contributed by atoms with Gasteiger partial charge in [0, 0.05) is 5.69 Å². The minimum atomic E-state index is -0.405. The average molecular weight is 413 g/mol. The van der Waals surface area contributed by atoms with E-state index in [1.165, 1.54) is 36.0 Å². The predicted molar refractivity (Wildman–Crippen MR) is 113 cm³/mol. The lowest BCUT2D eigenvalue weighted by Gasteiger charge is -2.22. The molecule has 3 aromatic carbocycles. The molecule has 0 saturated heterocycles. The Balaban J connectivity index is 1.77. The lowest BCUT2D eigenvalue weighted by Crippen LogP contribution is -2.23. The topological polar surface area (TPSA) is 38.3 Å². The fourth-order valence-corrected chi connectivity index (χ4v) is 4.03. The van der Waals surface area contributed by atoms with Gasteiger partial charge in [0.25, 0.3) is 0 Å². The summed E-state index contributed by atoms with van der Waals surface area (Å²) in [6, 6.07) is 19.4. The second kappa shape index (κ2) is 9.56. The highest BCUT2D eigenvalue weighted by atomic mass is 32.2. The van der Waals surface area contributed by atoms with Crippen LogP contribution in [0.25, 0.3) is 0 Å². The number of carbonyl (C=O) groups excluding carboxylic acids is 1. The molecule has 0 spiro atoms. The number of amides is 1. The summed E-state index contributed by atoms with van der Waals surface area (Å²) in [4.78, 5) is 12.7. The van der Waals surface area contributed by atoms with E-state index in [1.807, 2.05) is 6.92 Å². The van der Waals surface area contributed by atoms with Crippen LogP contribution in [0.2, 0.25) is 0 Å². The van der Waals surface area contributed by atoms with Crippen molar-refractivity contribution >= 4 is 23.4 Å². The normalized spacial score (nSPS) is 11.9. The quantitative estimate of drug-likeness (QED) is 0.530. The Morgan fingerprint density at radius 3 is 1.79 bits per heavy atom. The first-order chi connectivity index (χ1) is 14.0. The van der Waals surface area contributed by atoms with E-state index >= 15 is 0 Å². The highest BCUT2D eigenvalue weighted by Gasteiger charge is 2.23. The lowest BCUT2D eigenvalue weighted by molar-refractivity contribution is -0.115. The first-order valence-corrected chi connectivity index (χ1v) is 10.0. The van der Waals surface area contributed by atoms with Crippen LogP contribution in [0.15, 0.2) is 72.8 Å². The lowest BCUT2D eigenvalue weighted by atomic mass is 10.0. The van der Waals surface area contributed by atoms with Gasteiger partial charge in [0.1, 0.15) is 17.4 Å². The van der Waals surface area contributed by atoms with E-state index in [-0.39, 0.29) is 22.8 Å². The van der Waals surface area contributed by atoms with Gasteiger partial charge < -0.3 is 10.1 Å². The zero-order chi connectivity index (χ0) is 20.8. The molecule has 0 unspecified atom stereocenters. The van der Waals surface area contributed by atoms with Crippen molar-refractivity contribution in [1.29, 1.82) is 0 Å². The zero-order valence-corrected chi connectivity index (χ0v) is 16.9. The van der Waals surface area contributed by atoms with Crippen LogP contribution in [-0.2, 0) is 4.79 Å². The molecule has 0 radical (unpaired) electrons. The maximum absolute atomic E-state index is 13.4. The van der Waals surface area contributed by atoms with Gasteiger partial charge in [-0.3, -0.25) is 4.79 Å². The maximum atomic E-state index is 13.4. The molecule has 1 amide bonds. The smallest absolute Gasteiger partial charge is 0.237 e. The number of carbonyl (C=O) groups is 1. The molecule has 3 rings (SSSR count). The van der Waals surface area contributed by atoms with Crippen LogP contribution in [-0.4, -0.2) is 18.3 Å². The number of hydrogen-bond donors (Lipinski definition) is 1. The van der Waals surface area contributed by atoms with Crippen molar-refractivity contribution in [3.05, 3.63) is 95.6 Å². The van der Waals surface area contributed by atoms with Crippen LogP contribution in [0.4, 0.5) is 14.5 Å². The van der Waals surface area contributed by atoms with Crippen LogP contribution in [0, 0.1) is 11.6 Å². The Bertz CT molecular complexity index is 899. The Labute approximate surface area is 173 Å². The molecule has 0 aliphatic rings. The molecule has 6 heteroatoms. The molecule has 3 aromatic rings. The summed E-state index contributed by atoms with van der Waals surface area (Å²) in [5, 5.41) is 2.24. The number of benzene rings is 3. The minimum absolute atomic E-state index is 0.158. The average Bonchev–Trinajstić information content (AvgIpc) is 2.74. The van der Waals surface area contributed by atoms with Gasteiger partial charge >= 0.3 is 0 Å². The van der Waals surface area contributed by atoms with Gasteiger partial charge in [0.2, 0.25) is 5.91 Å². The molecule has 3 nitrogen and oxygen atoms in total. The summed E-state index contributed by atoms with van der Waals surface area (Å²) in [6.07, 6.45) is 0. The highest BCUT2D eigenvalue weighted by molar-refractivity contribution is 8.01. The van der Waals surface area contributed by atoms with E-state index in [0.717, 1.165) is 11.1 Å². The van der Waals surface area contributed by atoms with Crippen LogP contribution in [0.1, 0.15) is 23.3 Å². The fraction of sp³-hybridized carbons (Fsp3) is 0.174. The standard InChI is InChI=1S/C23H21F2NO2S/c1-15(23(27)26-20-11-13-21(28-2)14-12-20)29-22(16-3-7-18(24)8-4-16)17-5-9-19(25)10-6-17/h3-15,22H,1-2H3,(H,26,27)/t15-/m1/s1. The van der Waals surface area contributed by atoms with Crippen molar-refractivity contribution < 1.29 is 18.3 Å². The van der Waals surface area contributed by atoms with Gasteiger partial charge in [-0.05, 0) is 66.6 Å². The SMILES string of the molecule is COc1ccc(NC(=O)[C@@H](C)SC(c2ccc(F)cc2)c2ccc(F)cc2)cc1. The molecule has 0 fully saturated rings. The monoisotopic (exact) mass is 413 g/mol. The van der Waals surface area contributed by atoms with Crippen molar-refractivity contribution in [2.75, 3.05) is 12.4 Å². The zero-order valence-electron chi connectivity index (χ0n) is 16.1. The van der Waals surface area contributed by atoms with E-state index in [1.54, 1.807) is 55.6 Å². The summed E-state index contributed by atoms with van der Waals surface area (Å²) in [5.41, 5.74) is 2.35. The third-order valence-electron chi connectivity index (χ3n) is 4.41. The third kappa shape index (κ3) is 5.57. The number of anilines is 1. The van der Waals surface area contributed by atoms with Gasteiger partial charge in [-0.25, -0.2) is 8.78 Å². The van der Waals surface area contributed by atoms with E-state index in [9.17, 15) is 13.6 Å². The number of ether oxygens (including phenoxy) is 1. The number of hydrogen-bond acceptors (Lipinski definition) is 3. The highest BCUT2D eigenvalue weighted by Crippen LogP contribution is 2.38. The molecule has 150 valence electrons. The van der Waals surface area contributed by atoms with E-state index in [2.05, 4.69) is 5.32 Å². The molecule has 1 atom stereocenters. The summed E-state index contributed by atoms with van der Waals surface area (Å²) in [5.74, 6) is -0.115. The molecule has 0 heterocycles. The van der Waals surface area contributed by atoms with Crippen molar-refractivity contribution in [2.24, 2.45) is 0 Å². The third-order valence-corrected chi connectivity index (χ3v) is 5.85. The van der Waals surface area contributed by atoms with Gasteiger partial charge in [0.15, 0.2) is 0 Å². The summed E-state index contributed by atoms with van der Waals surface area (Å²) >= 11 is 1.42. The Morgan fingerprint density at radius 1 is 0.862 bits per heavy atom. The van der Waals surface area contributed by atoms with Crippen molar-refractivity contribution in [3.8, 4) is 5.75 Å². The van der Waals surface area contributed by atoms with E-state index < -0.39 is 5.25 Å². The van der Waals surface area contributed by atoms with Gasteiger partial charge in [0.05, 0.1) is 17.6 Å². The van der Waals surface area contributed by atoms with Gasteiger partial charge in [-0.2, -0.15) is 0 Å². The first-order valence-electron chi connectivity index (χ1n) is 9.07. The molecular formula is C23H21F2NO2S. The number of halogens is 2. The Kier molecular flexibility index (Phi) is 6.88. The van der Waals surface area contributed by atoms with E-state index in [0.29, 0.717) is 11.4 Å². The molecule has 0 aliphatic heterocycles. The Morgan fingerprint density at radius 2 is 1.34 bits per heavy atom. The van der Waals surface area contributed by atoms with Crippen molar-refractivity contribution in [1.82, 2.24) is 0 Å². The number of rotatable bonds is 7. The van der Waals surface area contributed by atoms with Crippen LogP contribution >= 0.6 is 11.8 Å². The van der Waals surface area contributed by atoms with Crippen molar-refractivity contribution in [2.45, 2.75) is 17.4 Å². The van der Waals surface area contributed by atoms with Crippen LogP contribution in [0.5, 0.6) is 5.75 Å². The number of thioether (sulfide) groups is 1. The van der Waals surface area contributed by atoms with E-state index in [4.69, 9.17) is 4.74 Å². The molecule has 0 bridgehead atoms. The largest absolute Gasteiger partial charge is 0.497 e. The molecule has 29 heavy (non-hydrogen) atoms. The molecule has 0 aromatic heterocycles. The first kappa shape index (κ1) is 20.9.